The molecule has 0 saturated heterocycles. The molecule has 74 valence electrons. The van der Waals surface area contributed by atoms with Gasteiger partial charge in [0.15, 0.2) is 0 Å². The zero-order valence-corrected chi connectivity index (χ0v) is 6.26. The lowest BCUT2D eigenvalue weighted by atomic mass is 10.4. The van der Waals surface area contributed by atoms with E-state index in [0.717, 1.165) is 0 Å². The third-order valence-corrected chi connectivity index (χ3v) is 0.840. The highest BCUT2D eigenvalue weighted by molar-refractivity contribution is 5.93. The van der Waals surface area contributed by atoms with Gasteiger partial charge >= 0.3 is 12.1 Å². The molecule has 0 aromatic heterocycles. The Morgan fingerprint density at radius 1 is 1.31 bits per heavy atom. The first-order chi connectivity index (χ1) is 5.81. The Kier molecular flexibility index (Phi) is 3.96. The summed E-state index contributed by atoms with van der Waals surface area (Å²) in [5.41, 5.74) is 0. The number of carboxylic acids is 1. The number of carbonyl (C=O) groups is 2. The van der Waals surface area contributed by atoms with E-state index in [1.165, 1.54) is 5.32 Å². The van der Waals surface area contributed by atoms with Crippen molar-refractivity contribution in [3.63, 3.8) is 0 Å². The van der Waals surface area contributed by atoms with E-state index in [1.807, 2.05) is 0 Å². The quantitative estimate of drug-likeness (QED) is 0.639. The molecular formula is C6H6F3NO3. The molecule has 0 rings (SSSR count). The van der Waals surface area contributed by atoms with Gasteiger partial charge in [-0.1, -0.05) is 0 Å². The first kappa shape index (κ1) is 11.5. The fourth-order valence-corrected chi connectivity index (χ4v) is 0.393. The lowest BCUT2D eigenvalue weighted by Gasteiger charge is -2.05. The van der Waals surface area contributed by atoms with Crippen molar-refractivity contribution >= 4 is 11.9 Å². The molecule has 0 atom stereocenters. The maximum absolute atomic E-state index is 11.5. The van der Waals surface area contributed by atoms with Crippen LogP contribution in [0.5, 0.6) is 0 Å². The molecule has 0 heterocycles. The SMILES string of the molecule is O=C(O)/C=C\C(=O)NCC(F)(F)F. The molecule has 0 aromatic rings. The molecule has 0 radical (unpaired) electrons. The van der Waals surface area contributed by atoms with Gasteiger partial charge in [-0.05, 0) is 0 Å². The number of halogens is 3. The number of amides is 1. The van der Waals surface area contributed by atoms with Crippen LogP contribution in [0.1, 0.15) is 0 Å². The molecule has 7 heteroatoms. The summed E-state index contributed by atoms with van der Waals surface area (Å²) in [6.45, 7) is -1.48. The maximum Gasteiger partial charge on any atom is 0.405 e. The van der Waals surface area contributed by atoms with Crippen molar-refractivity contribution in [2.75, 3.05) is 6.54 Å². The van der Waals surface area contributed by atoms with Gasteiger partial charge in [0.1, 0.15) is 6.54 Å². The van der Waals surface area contributed by atoms with Crippen molar-refractivity contribution in [1.29, 1.82) is 0 Å². The van der Waals surface area contributed by atoms with E-state index in [2.05, 4.69) is 0 Å². The van der Waals surface area contributed by atoms with E-state index < -0.39 is 24.6 Å². The molecule has 0 aromatic carbocycles. The van der Waals surface area contributed by atoms with Crippen LogP contribution in [0.4, 0.5) is 13.2 Å². The number of aliphatic carboxylic acids is 1. The number of alkyl halides is 3. The third-order valence-electron chi connectivity index (χ3n) is 0.840. The van der Waals surface area contributed by atoms with Gasteiger partial charge in [0.2, 0.25) is 5.91 Å². The molecule has 0 bridgehead atoms. The van der Waals surface area contributed by atoms with E-state index in [4.69, 9.17) is 5.11 Å². The van der Waals surface area contributed by atoms with E-state index >= 15 is 0 Å². The van der Waals surface area contributed by atoms with Crippen LogP contribution in [0.3, 0.4) is 0 Å². The Bertz CT molecular complexity index is 234. The lowest BCUT2D eigenvalue weighted by molar-refractivity contribution is -0.136. The maximum atomic E-state index is 11.5. The van der Waals surface area contributed by atoms with Crippen LogP contribution in [0.25, 0.3) is 0 Å². The minimum atomic E-state index is -4.49. The van der Waals surface area contributed by atoms with Gasteiger partial charge in [-0.2, -0.15) is 13.2 Å². The van der Waals surface area contributed by atoms with Crippen LogP contribution < -0.4 is 5.32 Å². The van der Waals surface area contributed by atoms with Crippen LogP contribution in [0, 0.1) is 0 Å². The zero-order chi connectivity index (χ0) is 10.5. The van der Waals surface area contributed by atoms with Gasteiger partial charge < -0.3 is 10.4 Å². The predicted molar refractivity (Wildman–Crippen MR) is 35.8 cm³/mol. The number of rotatable bonds is 3. The first-order valence-electron chi connectivity index (χ1n) is 3.07. The van der Waals surface area contributed by atoms with Crippen molar-refractivity contribution in [2.24, 2.45) is 0 Å². The van der Waals surface area contributed by atoms with Crippen molar-refractivity contribution in [3.05, 3.63) is 12.2 Å². The van der Waals surface area contributed by atoms with Gasteiger partial charge in [-0.3, -0.25) is 4.79 Å². The van der Waals surface area contributed by atoms with Crippen molar-refractivity contribution in [3.8, 4) is 0 Å². The first-order valence-corrected chi connectivity index (χ1v) is 3.07. The summed E-state index contributed by atoms with van der Waals surface area (Å²) >= 11 is 0. The van der Waals surface area contributed by atoms with E-state index in [1.54, 1.807) is 0 Å². The molecule has 2 N–H and O–H groups in total. The number of carbonyl (C=O) groups excluding carboxylic acids is 1. The average molecular weight is 197 g/mol. The zero-order valence-electron chi connectivity index (χ0n) is 6.26. The predicted octanol–water partition coefficient (Wildman–Crippen LogP) is 0.306. The number of hydrogen-bond donors (Lipinski definition) is 2. The van der Waals surface area contributed by atoms with E-state index in [0.29, 0.717) is 12.2 Å². The summed E-state index contributed by atoms with van der Waals surface area (Å²) in [4.78, 5) is 20.2. The Morgan fingerprint density at radius 3 is 2.23 bits per heavy atom. The number of nitrogens with one attached hydrogen (secondary N) is 1. The van der Waals surface area contributed by atoms with Crippen LogP contribution in [0.2, 0.25) is 0 Å². The molecular weight excluding hydrogens is 191 g/mol. The molecule has 0 aliphatic heterocycles. The van der Waals surface area contributed by atoms with Crippen LogP contribution in [0.15, 0.2) is 12.2 Å². The second kappa shape index (κ2) is 4.48. The Labute approximate surface area is 71.0 Å². The minimum Gasteiger partial charge on any atom is -0.478 e. The fourth-order valence-electron chi connectivity index (χ4n) is 0.393. The van der Waals surface area contributed by atoms with Gasteiger partial charge in [0, 0.05) is 12.2 Å². The van der Waals surface area contributed by atoms with Crippen LogP contribution >= 0.6 is 0 Å². The molecule has 4 nitrogen and oxygen atoms in total. The smallest absolute Gasteiger partial charge is 0.405 e. The molecule has 0 unspecified atom stereocenters. The highest BCUT2D eigenvalue weighted by Crippen LogP contribution is 2.11. The Hall–Kier alpha value is -1.53. The Balaban J connectivity index is 3.83. The van der Waals surface area contributed by atoms with E-state index in [-0.39, 0.29) is 0 Å². The monoisotopic (exact) mass is 197 g/mol. The third kappa shape index (κ3) is 8.38. The average Bonchev–Trinajstić information content (AvgIpc) is 1.95. The van der Waals surface area contributed by atoms with Gasteiger partial charge in [-0.25, -0.2) is 4.79 Å². The van der Waals surface area contributed by atoms with Crippen molar-refractivity contribution in [2.45, 2.75) is 6.18 Å². The second-order valence-corrected chi connectivity index (χ2v) is 2.00. The second-order valence-electron chi connectivity index (χ2n) is 2.00. The summed E-state index contributed by atoms with van der Waals surface area (Å²) in [7, 11) is 0. The molecule has 0 spiro atoms. The van der Waals surface area contributed by atoms with Gasteiger partial charge in [0.05, 0.1) is 0 Å². The van der Waals surface area contributed by atoms with Crippen molar-refractivity contribution < 1.29 is 27.9 Å². The number of hydrogen-bond acceptors (Lipinski definition) is 2. The minimum absolute atomic E-state index is 0.450. The van der Waals surface area contributed by atoms with E-state index in [9.17, 15) is 22.8 Å². The summed E-state index contributed by atoms with van der Waals surface area (Å²) in [5, 5.41) is 9.47. The summed E-state index contributed by atoms with van der Waals surface area (Å²) in [6, 6.07) is 0. The highest BCUT2D eigenvalue weighted by Gasteiger charge is 2.27. The topological polar surface area (TPSA) is 66.4 Å². The normalized spacial score (nSPS) is 11.6. The van der Waals surface area contributed by atoms with Crippen LogP contribution in [-0.2, 0) is 9.59 Å². The Morgan fingerprint density at radius 2 is 1.85 bits per heavy atom. The van der Waals surface area contributed by atoms with Crippen LogP contribution in [-0.4, -0.2) is 29.7 Å². The fraction of sp³-hybridized carbons (Fsp3) is 0.333. The highest BCUT2D eigenvalue weighted by atomic mass is 19.4. The molecule has 1 amide bonds. The molecule has 0 saturated carbocycles. The largest absolute Gasteiger partial charge is 0.478 e. The lowest BCUT2D eigenvalue weighted by Crippen LogP contribution is -2.32. The molecule has 0 aliphatic carbocycles. The molecule has 0 aliphatic rings. The van der Waals surface area contributed by atoms with Gasteiger partial charge in [-0.15, -0.1) is 0 Å². The van der Waals surface area contributed by atoms with Crippen molar-refractivity contribution in [1.82, 2.24) is 5.32 Å². The summed E-state index contributed by atoms with van der Waals surface area (Å²) in [5.74, 6) is -2.50. The van der Waals surface area contributed by atoms with Gasteiger partial charge in [0.25, 0.3) is 0 Å². The molecule has 13 heavy (non-hydrogen) atoms. The molecule has 0 fully saturated rings. The summed E-state index contributed by atoms with van der Waals surface area (Å²) in [6.07, 6.45) is -3.54. The standard InChI is InChI=1S/C6H6F3NO3/c7-6(8,9)3-10-4(11)1-2-5(12)13/h1-2H,3H2,(H,10,11)(H,12,13)/b2-1-. The summed E-state index contributed by atoms with van der Waals surface area (Å²) < 4.78 is 34.4. The number of carboxylic acid groups (broad SMARTS) is 1.